The predicted molar refractivity (Wildman–Crippen MR) is 94.0 cm³/mol. The van der Waals surface area contributed by atoms with E-state index in [0.717, 1.165) is 17.7 Å². The van der Waals surface area contributed by atoms with Gasteiger partial charge in [0.2, 0.25) is 0 Å². The molecule has 0 spiro atoms. The van der Waals surface area contributed by atoms with Crippen LogP contribution in [0, 0.1) is 11.7 Å². The summed E-state index contributed by atoms with van der Waals surface area (Å²) < 4.78 is 25.1. The van der Waals surface area contributed by atoms with Gasteiger partial charge in [0.25, 0.3) is 5.91 Å². The minimum absolute atomic E-state index is 0.0271. The molecule has 0 aliphatic carbocycles. The van der Waals surface area contributed by atoms with Crippen molar-refractivity contribution in [2.24, 2.45) is 5.92 Å². The smallest absolute Gasteiger partial charge is 0.263 e. The van der Waals surface area contributed by atoms with Gasteiger partial charge in [-0.1, -0.05) is 18.2 Å². The fraction of sp³-hybridized carbons (Fsp3) is 0.421. The zero-order chi connectivity index (χ0) is 17.2. The van der Waals surface area contributed by atoms with Crippen LogP contribution >= 0.6 is 11.3 Å². The lowest BCUT2D eigenvalue weighted by Gasteiger charge is -2.33. The number of piperidine rings is 1. The number of hydrogen-bond acceptors (Lipinski definition) is 4. The molecule has 1 aromatic heterocycles. The van der Waals surface area contributed by atoms with Gasteiger partial charge in [-0.05, 0) is 31.0 Å². The maximum atomic E-state index is 13.9. The Hall–Kier alpha value is -1.76. The van der Waals surface area contributed by atoms with Crippen LogP contribution in [-0.2, 0) is 9.47 Å². The van der Waals surface area contributed by atoms with Crippen molar-refractivity contribution in [2.75, 3.05) is 26.3 Å². The second-order valence-corrected chi connectivity index (χ2v) is 7.47. The van der Waals surface area contributed by atoms with E-state index >= 15 is 0 Å². The zero-order valence-electron chi connectivity index (χ0n) is 13.8. The van der Waals surface area contributed by atoms with Gasteiger partial charge in [-0.3, -0.25) is 4.79 Å². The summed E-state index contributed by atoms with van der Waals surface area (Å²) in [5, 5.41) is 0. The van der Waals surface area contributed by atoms with E-state index in [-0.39, 0.29) is 18.0 Å². The first-order chi connectivity index (χ1) is 12.2. The lowest BCUT2D eigenvalue weighted by molar-refractivity contribution is -0.0955. The summed E-state index contributed by atoms with van der Waals surface area (Å²) in [6, 6.07) is 10.3. The number of thiophene rings is 1. The van der Waals surface area contributed by atoms with Crippen LogP contribution in [0.1, 0.15) is 22.5 Å². The minimum Gasteiger partial charge on any atom is -0.350 e. The topological polar surface area (TPSA) is 38.8 Å². The number of nitrogens with zero attached hydrogens (tertiary/aromatic N) is 1. The molecule has 2 aliphatic heterocycles. The molecule has 2 aromatic rings. The molecular weight excluding hydrogens is 341 g/mol. The average molecular weight is 361 g/mol. The van der Waals surface area contributed by atoms with Crippen LogP contribution < -0.4 is 0 Å². The number of likely N-dealkylation sites (tertiary alicyclic amines) is 1. The van der Waals surface area contributed by atoms with Gasteiger partial charge in [0.15, 0.2) is 6.29 Å². The molecule has 2 fully saturated rings. The Morgan fingerprint density at radius 2 is 1.80 bits per heavy atom. The highest BCUT2D eigenvalue weighted by Crippen LogP contribution is 2.32. The largest absolute Gasteiger partial charge is 0.350 e. The van der Waals surface area contributed by atoms with Crippen molar-refractivity contribution < 1.29 is 18.7 Å². The van der Waals surface area contributed by atoms with Crippen molar-refractivity contribution in [1.82, 2.24) is 4.90 Å². The van der Waals surface area contributed by atoms with Crippen LogP contribution in [0.2, 0.25) is 0 Å². The molecule has 2 saturated heterocycles. The molecule has 0 N–H and O–H groups in total. The molecule has 3 heterocycles. The van der Waals surface area contributed by atoms with Crippen molar-refractivity contribution in [3.8, 4) is 10.4 Å². The Labute approximate surface area is 150 Å². The van der Waals surface area contributed by atoms with Crippen LogP contribution in [0.15, 0.2) is 36.4 Å². The first-order valence-corrected chi connectivity index (χ1v) is 9.41. The Bertz CT molecular complexity index is 749. The van der Waals surface area contributed by atoms with E-state index in [4.69, 9.17) is 9.47 Å². The summed E-state index contributed by atoms with van der Waals surface area (Å²) in [7, 11) is 0. The summed E-state index contributed by atoms with van der Waals surface area (Å²) in [5.41, 5.74) is 0.542. The van der Waals surface area contributed by atoms with Gasteiger partial charge in [0, 0.05) is 29.4 Å². The molecule has 0 unspecified atom stereocenters. The lowest BCUT2D eigenvalue weighted by Crippen LogP contribution is -2.41. The Morgan fingerprint density at radius 3 is 2.52 bits per heavy atom. The van der Waals surface area contributed by atoms with Gasteiger partial charge in [-0.15, -0.1) is 11.3 Å². The molecule has 4 rings (SSSR count). The summed E-state index contributed by atoms with van der Waals surface area (Å²) >= 11 is 1.35. The van der Waals surface area contributed by atoms with Crippen molar-refractivity contribution in [2.45, 2.75) is 19.1 Å². The number of carbonyl (C=O) groups is 1. The molecule has 0 bridgehead atoms. The molecular formula is C19H20FNO3S. The van der Waals surface area contributed by atoms with Gasteiger partial charge < -0.3 is 14.4 Å². The summed E-state index contributed by atoms with van der Waals surface area (Å²) in [5.74, 6) is 0.129. The van der Waals surface area contributed by atoms with E-state index in [1.165, 1.54) is 17.4 Å². The van der Waals surface area contributed by atoms with Crippen molar-refractivity contribution in [3.05, 3.63) is 47.1 Å². The molecule has 1 amide bonds. The molecule has 25 heavy (non-hydrogen) atoms. The number of carbonyl (C=O) groups excluding carboxylic acids is 1. The second kappa shape index (κ2) is 7.23. The number of rotatable bonds is 3. The fourth-order valence-corrected chi connectivity index (χ4v) is 4.44. The number of halogens is 1. The van der Waals surface area contributed by atoms with Crippen LogP contribution in [0.3, 0.4) is 0 Å². The molecule has 0 atom stereocenters. The third-order valence-corrected chi connectivity index (χ3v) is 5.92. The van der Waals surface area contributed by atoms with Crippen molar-refractivity contribution in [3.63, 3.8) is 0 Å². The average Bonchev–Trinajstić information content (AvgIpc) is 3.34. The van der Waals surface area contributed by atoms with E-state index in [2.05, 4.69) is 0 Å². The van der Waals surface area contributed by atoms with Crippen LogP contribution in [0.4, 0.5) is 4.39 Å². The predicted octanol–water partition coefficient (Wildman–Crippen LogP) is 3.78. The van der Waals surface area contributed by atoms with Gasteiger partial charge in [0.05, 0.1) is 18.1 Å². The first-order valence-electron chi connectivity index (χ1n) is 8.59. The quantitative estimate of drug-likeness (QED) is 0.835. The zero-order valence-corrected chi connectivity index (χ0v) is 14.6. The third-order valence-electron chi connectivity index (χ3n) is 4.82. The monoisotopic (exact) mass is 361 g/mol. The summed E-state index contributed by atoms with van der Waals surface area (Å²) in [6.07, 6.45) is 1.68. The number of amides is 1. The van der Waals surface area contributed by atoms with Gasteiger partial charge in [-0.2, -0.15) is 0 Å². The van der Waals surface area contributed by atoms with Crippen LogP contribution in [-0.4, -0.2) is 43.4 Å². The number of ether oxygens (including phenoxy) is 2. The van der Waals surface area contributed by atoms with Gasteiger partial charge in [-0.25, -0.2) is 4.39 Å². The third kappa shape index (κ3) is 3.47. The highest BCUT2D eigenvalue weighted by atomic mass is 32.1. The normalized spacial score (nSPS) is 19.5. The van der Waals surface area contributed by atoms with E-state index in [0.29, 0.717) is 42.7 Å². The SMILES string of the molecule is O=C(c1ccc(-c2ccccc2F)s1)N1CCC(C2OCCO2)CC1. The maximum absolute atomic E-state index is 13.9. The van der Waals surface area contributed by atoms with E-state index in [1.54, 1.807) is 24.3 Å². The van der Waals surface area contributed by atoms with Gasteiger partial charge in [0.1, 0.15) is 5.82 Å². The lowest BCUT2D eigenvalue weighted by atomic mass is 9.96. The molecule has 132 valence electrons. The number of hydrogen-bond donors (Lipinski definition) is 0. The molecule has 1 aromatic carbocycles. The number of benzene rings is 1. The van der Waals surface area contributed by atoms with E-state index < -0.39 is 0 Å². The summed E-state index contributed by atoms with van der Waals surface area (Å²) in [6.45, 7) is 2.75. The Balaban J connectivity index is 1.41. The Kier molecular flexibility index (Phi) is 4.83. The van der Waals surface area contributed by atoms with Crippen LogP contribution in [0.5, 0.6) is 0 Å². The first kappa shape index (κ1) is 16.7. The molecule has 0 radical (unpaired) electrons. The molecule has 2 aliphatic rings. The Morgan fingerprint density at radius 1 is 1.08 bits per heavy atom. The van der Waals surface area contributed by atoms with Crippen molar-refractivity contribution in [1.29, 1.82) is 0 Å². The molecule has 4 nitrogen and oxygen atoms in total. The second-order valence-electron chi connectivity index (χ2n) is 6.38. The van der Waals surface area contributed by atoms with Crippen LogP contribution in [0.25, 0.3) is 10.4 Å². The highest BCUT2D eigenvalue weighted by molar-refractivity contribution is 7.17. The highest BCUT2D eigenvalue weighted by Gasteiger charge is 2.32. The maximum Gasteiger partial charge on any atom is 0.263 e. The molecule has 0 saturated carbocycles. The standard InChI is InChI=1S/C19H20FNO3S/c20-15-4-2-1-3-14(15)16-5-6-17(25-16)18(22)21-9-7-13(8-10-21)19-23-11-12-24-19/h1-6,13,19H,7-12H2. The minimum atomic E-state index is -0.263. The fourth-order valence-electron chi connectivity index (χ4n) is 3.44. The molecule has 6 heteroatoms. The van der Waals surface area contributed by atoms with E-state index in [9.17, 15) is 9.18 Å². The van der Waals surface area contributed by atoms with E-state index in [1.807, 2.05) is 11.0 Å². The van der Waals surface area contributed by atoms with Gasteiger partial charge >= 0.3 is 0 Å². The van der Waals surface area contributed by atoms with Crippen molar-refractivity contribution >= 4 is 17.2 Å². The summed E-state index contributed by atoms with van der Waals surface area (Å²) in [4.78, 5) is 16.1.